The number of nitrogens with one attached hydrogen (secondary N) is 2. The van der Waals surface area contributed by atoms with E-state index in [9.17, 15) is 23.2 Å². The van der Waals surface area contributed by atoms with Crippen molar-refractivity contribution in [1.29, 1.82) is 0 Å². The van der Waals surface area contributed by atoms with Gasteiger partial charge in [0.25, 0.3) is 0 Å². The molecule has 1 aliphatic carbocycles. The van der Waals surface area contributed by atoms with Crippen molar-refractivity contribution >= 4 is 17.7 Å². The minimum atomic E-state index is -1.07. The third-order valence-corrected chi connectivity index (χ3v) is 7.53. The van der Waals surface area contributed by atoms with Crippen molar-refractivity contribution in [1.82, 2.24) is 15.5 Å². The molecule has 2 N–H and O–H groups in total. The first kappa shape index (κ1) is 26.8. The van der Waals surface area contributed by atoms with Crippen molar-refractivity contribution in [2.45, 2.75) is 71.0 Å². The van der Waals surface area contributed by atoms with Gasteiger partial charge in [0, 0.05) is 25.7 Å². The Morgan fingerprint density at radius 2 is 1.65 bits per heavy atom. The first-order chi connectivity index (χ1) is 17.8. The van der Waals surface area contributed by atoms with Gasteiger partial charge < -0.3 is 15.5 Å². The molecule has 0 aromatic heterocycles. The fourth-order valence-electron chi connectivity index (χ4n) is 5.35. The maximum atomic E-state index is 13.6. The molecule has 2 atom stereocenters. The van der Waals surface area contributed by atoms with Crippen molar-refractivity contribution in [2.75, 3.05) is 6.54 Å². The highest BCUT2D eigenvalue weighted by atomic mass is 19.1. The molecule has 1 saturated carbocycles. The summed E-state index contributed by atoms with van der Waals surface area (Å²) in [6.45, 7) is 2.46. The number of nitrogens with zero attached hydrogens (tertiary/aromatic N) is 1. The molecule has 1 fully saturated rings. The van der Waals surface area contributed by atoms with Gasteiger partial charge in [0.15, 0.2) is 0 Å². The molecule has 4 rings (SSSR count). The van der Waals surface area contributed by atoms with Crippen LogP contribution in [0.1, 0.15) is 62.1 Å². The second kappa shape index (κ2) is 12.3. The van der Waals surface area contributed by atoms with E-state index in [2.05, 4.69) is 16.7 Å². The smallest absolute Gasteiger partial charge is 0.245 e. The van der Waals surface area contributed by atoms with Crippen LogP contribution in [0, 0.1) is 23.5 Å². The summed E-state index contributed by atoms with van der Waals surface area (Å²) < 4.78 is 26.9. The van der Waals surface area contributed by atoms with Gasteiger partial charge in [-0.2, -0.15) is 0 Å². The lowest BCUT2D eigenvalue weighted by Crippen LogP contribution is -2.53. The number of rotatable bonds is 8. The maximum Gasteiger partial charge on any atom is 0.245 e. The average Bonchev–Trinajstić information content (AvgIpc) is 2.90. The van der Waals surface area contributed by atoms with Crippen LogP contribution in [0.2, 0.25) is 0 Å². The van der Waals surface area contributed by atoms with E-state index in [1.54, 1.807) is 4.90 Å². The average molecular weight is 512 g/mol. The largest absolute Gasteiger partial charge is 0.351 e. The Hall–Kier alpha value is -3.29. The lowest BCUT2D eigenvalue weighted by atomic mass is 9.84. The number of carbonyl (C=O) groups excluding carboxylic acids is 3. The number of amides is 3. The Morgan fingerprint density at radius 1 is 0.973 bits per heavy atom. The molecule has 1 aliphatic heterocycles. The molecule has 0 bridgehead atoms. The van der Waals surface area contributed by atoms with E-state index >= 15 is 0 Å². The molecule has 0 saturated heterocycles. The maximum absolute atomic E-state index is 13.6. The summed E-state index contributed by atoms with van der Waals surface area (Å²) >= 11 is 0. The van der Waals surface area contributed by atoms with E-state index in [4.69, 9.17) is 0 Å². The summed E-state index contributed by atoms with van der Waals surface area (Å²) in [4.78, 5) is 41.2. The molecule has 2 unspecified atom stereocenters. The van der Waals surface area contributed by atoms with Gasteiger partial charge in [-0.25, -0.2) is 8.78 Å². The molecule has 8 heteroatoms. The predicted octanol–water partition coefficient (Wildman–Crippen LogP) is 4.26. The van der Waals surface area contributed by atoms with Gasteiger partial charge in [0.2, 0.25) is 17.7 Å². The number of benzene rings is 2. The molecule has 6 nitrogen and oxygen atoms in total. The Bertz CT molecular complexity index is 1110. The highest BCUT2D eigenvalue weighted by Crippen LogP contribution is 2.28. The molecule has 2 aromatic rings. The number of hydrogen-bond acceptors (Lipinski definition) is 3. The number of fused-ring (bicyclic) bond motifs is 1. The Balaban J connectivity index is 1.40. The molecule has 198 valence electrons. The van der Waals surface area contributed by atoms with Crippen LogP contribution in [0.3, 0.4) is 0 Å². The Kier molecular flexibility index (Phi) is 8.90. The third-order valence-electron chi connectivity index (χ3n) is 7.53. The second-order valence-electron chi connectivity index (χ2n) is 10.3. The number of halogens is 2. The van der Waals surface area contributed by atoms with E-state index in [1.807, 2.05) is 18.2 Å². The summed E-state index contributed by atoms with van der Waals surface area (Å²) in [6, 6.07) is 10.4. The topological polar surface area (TPSA) is 78.5 Å². The predicted molar refractivity (Wildman–Crippen MR) is 136 cm³/mol. The van der Waals surface area contributed by atoms with Gasteiger partial charge in [-0.15, -0.1) is 0 Å². The van der Waals surface area contributed by atoms with E-state index in [0.717, 1.165) is 55.9 Å². The van der Waals surface area contributed by atoms with Crippen molar-refractivity contribution in [3.63, 3.8) is 0 Å². The normalized spacial score (nSPS) is 17.4. The van der Waals surface area contributed by atoms with Crippen LogP contribution in [0.4, 0.5) is 8.78 Å². The van der Waals surface area contributed by atoms with E-state index in [0.29, 0.717) is 25.4 Å². The van der Waals surface area contributed by atoms with Crippen LogP contribution in [0.5, 0.6) is 0 Å². The summed E-state index contributed by atoms with van der Waals surface area (Å²) in [7, 11) is 0. The fraction of sp³-hybridized carbons (Fsp3) is 0.483. The Morgan fingerprint density at radius 3 is 2.35 bits per heavy atom. The highest BCUT2D eigenvalue weighted by Gasteiger charge is 2.33. The molecule has 1 heterocycles. The zero-order chi connectivity index (χ0) is 26.4. The van der Waals surface area contributed by atoms with Gasteiger partial charge in [-0.3, -0.25) is 14.4 Å². The van der Waals surface area contributed by atoms with Crippen molar-refractivity contribution in [3.05, 3.63) is 70.8 Å². The standard InChI is InChI=1S/C29H35F2N3O3/c1-19(27(35)32-17-21-13-24(30)16-25(31)14-21)28(36)33-26(15-20-7-3-2-4-8-20)29(37)34-12-11-22-9-5-6-10-23(22)18-34/h5-6,9-10,13-14,16,19-20,26H,2-4,7-8,11-12,15,17-18H2,1H3,(H,32,35)(H,33,36). The monoisotopic (exact) mass is 511 g/mol. The molecule has 37 heavy (non-hydrogen) atoms. The van der Waals surface area contributed by atoms with Crippen LogP contribution in [0.15, 0.2) is 42.5 Å². The SMILES string of the molecule is CC(C(=O)NCc1cc(F)cc(F)c1)C(=O)NC(CC1CCCCC1)C(=O)N1CCc2ccccc2C1. The quantitative estimate of drug-likeness (QED) is 0.520. The van der Waals surface area contributed by atoms with Crippen molar-refractivity contribution in [2.24, 2.45) is 11.8 Å². The van der Waals surface area contributed by atoms with Crippen molar-refractivity contribution in [3.8, 4) is 0 Å². The van der Waals surface area contributed by atoms with Gasteiger partial charge in [0.05, 0.1) is 0 Å². The highest BCUT2D eigenvalue weighted by molar-refractivity contribution is 6.01. The second-order valence-corrected chi connectivity index (χ2v) is 10.3. The molecule has 0 spiro atoms. The fourth-order valence-corrected chi connectivity index (χ4v) is 5.35. The third kappa shape index (κ3) is 7.14. The van der Waals surface area contributed by atoms with E-state index < -0.39 is 35.4 Å². The molecular formula is C29H35F2N3O3. The summed E-state index contributed by atoms with van der Waals surface area (Å²) in [6.07, 6.45) is 6.82. The van der Waals surface area contributed by atoms with Crippen LogP contribution in [-0.4, -0.2) is 35.2 Å². The van der Waals surface area contributed by atoms with Crippen molar-refractivity contribution < 1.29 is 23.2 Å². The van der Waals surface area contributed by atoms with Crippen LogP contribution < -0.4 is 10.6 Å². The van der Waals surface area contributed by atoms with Crippen LogP contribution >= 0.6 is 0 Å². The van der Waals surface area contributed by atoms with E-state index in [-0.39, 0.29) is 18.0 Å². The summed E-state index contributed by atoms with van der Waals surface area (Å²) in [5, 5.41) is 5.44. The molecule has 2 aromatic carbocycles. The molecular weight excluding hydrogens is 476 g/mol. The molecule has 0 radical (unpaired) electrons. The molecule has 3 amide bonds. The van der Waals surface area contributed by atoms with Gasteiger partial charge in [-0.1, -0.05) is 56.4 Å². The minimum absolute atomic E-state index is 0.108. The van der Waals surface area contributed by atoms with E-state index in [1.165, 1.54) is 18.9 Å². The lowest BCUT2D eigenvalue weighted by molar-refractivity contribution is -0.141. The van der Waals surface area contributed by atoms with Crippen LogP contribution in [0.25, 0.3) is 0 Å². The number of carbonyl (C=O) groups is 3. The zero-order valence-corrected chi connectivity index (χ0v) is 21.3. The summed E-state index contributed by atoms with van der Waals surface area (Å²) in [5.41, 5.74) is 2.61. The van der Waals surface area contributed by atoms with Gasteiger partial charge >= 0.3 is 0 Å². The van der Waals surface area contributed by atoms with Gasteiger partial charge in [0.1, 0.15) is 23.6 Å². The minimum Gasteiger partial charge on any atom is -0.351 e. The molecule has 2 aliphatic rings. The number of hydrogen-bond donors (Lipinski definition) is 2. The van der Waals surface area contributed by atoms with Gasteiger partial charge in [-0.05, 0) is 54.5 Å². The lowest BCUT2D eigenvalue weighted by Gasteiger charge is -2.34. The first-order valence-corrected chi connectivity index (χ1v) is 13.2. The van der Waals surface area contributed by atoms with Crippen LogP contribution in [-0.2, 0) is 33.9 Å². The Labute approximate surface area is 216 Å². The summed E-state index contributed by atoms with van der Waals surface area (Å²) in [5.74, 6) is -3.41. The zero-order valence-electron chi connectivity index (χ0n) is 21.3. The first-order valence-electron chi connectivity index (χ1n) is 13.2.